The molecule has 0 amide bonds. The van der Waals surface area contributed by atoms with Gasteiger partial charge in [-0.25, -0.2) is 15.0 Å². The standard InChI is InChI=1S/C23H42N8O3Si2/c1-14-28-17-19(24)26-13-27-20(17)31(14)21-18(34-36(10,11)23(5,6)7)16(29-30-25)15(33-21)12-32-35(8,9)22(2,3)4/h13,15-16,18,21H,12H2,1-11H3,(H2,24,26,27). The molecule has 2 aromatic heterocycles. The Balaban J connectivity index is 2.10. The van der Waals surface area contributed by atoms with Crippen molar-refractivity contribution in [2.24, 2.45) is 5.11 Å². The van der Waals surface area contributed by atoms with Crippen LogP contribution in [-0.4, -0.2) is 61.0 Å². The Bertz CT molecular complexity index is 1150. The second-order valence-electron chi connectivity index (χ2n) is 12.6. The first kappa shape index (κ1) is 28.5. The number of aromatic nitrogens is 4. The van der Waals surface area contributed by atoms with Crippen LogP contribution in [0.4, 0.5) is 5.82 Å². The molecule has 200 valence electrons. The van der Waals surface area contributed by atoms with Gasteiger partial charge < -0.3 is 19.3 Å². The van der Waals surface area contributed by atoms with E-state index in [2.05, 4.69) is 92.7 Å². The summed E-state index contributed by atoms with van der Waals surface area (Å²) in [7, 11) is -4.37. The van der Waals surface area contributed by atoms with Crippen LogP contribution >= 0.6 is 0 Å². The monoisotopic (exact) mass is 534 g/mol. The average Bonchev–Trinajstić information content (AvgIpc) is 3.23. The van der Waals surface area contributed by atoms with Crippen molar-refractivity contribution in [1.29, 1.82) is 0 Å². The molecule has 3 heterocycles. The third kappa shape index (κ3) is 5.31. The number of fused-ring (bicyclic) bond motifs is 1. The number of azide groups is 1. The van der Waals surface area contributed by atoms with Crippen molar-refractivity contribution < 1.29 is 13.6 Å². The van der Waals surface area contributed by atoms with E-state index in [-0.39, 0.29) is 10.1 Å². The van der Waals surface area contributed by atoms with Gasteiger partial charge in [0.2, 0.25) is 0 Å². The van der Waals surface area contributed by atoms with Gasteiger partial charge in [0.15, 0.2) is 39.8 Å². The van der Waals surface area contributed by atoms with Crippen molar-refractivity contribution in [2.75, 3.05) is 12.3 Å². The van der Waals surface area contributed by atoms with Crippen LogP contribution in [-0.2, 0) is 13.6 Å². The molecular weight excluding hydrogens is 492 g/mol. The first-order valence-electron chi connectivity index (χ1n) is 12.4. The van der Waals surface area contributed by atoms with Crippen LogP contribution in [0.3, 0.4) is 0 Å². The number of nitrogens with two attached hydrogens (primary N) is 1. The Labute approximate surface area is 216 Å². The Kier molecular flexibility index (Phi) is 7.69. The molecule has 2 N–H and O–H groups in total. The third-order valence-electron chi connectivity index (χ3n) is 8.09. The van der Waals surface area contributed by atoms with Gasteiger partial charge in [-0.2, -0.15) is 0 Å². The second kappa shape index (κ2) is 9.69. The Morgan fingerprint density at radius 1 is 1.11 bits per heavy atom. The number of anilines is 1. The number of hydrogen-bond acceptors (Lipinski definition) is 8. The van der Waals surface area contributed by atoms with Crippen molar-refractivity contribution >= 4 is 33.6 Å². The van der Waals surface area contributed by atoms with Gasteiger partial charge in [-0.1, -0.05) is 46.7 Å². The maximum atomic E-state index is 9.53. The molecule has 4 atom stereocenters. The van der Waals surface area contributed by atoms with Gasteiger partial charge in [-0.05, 0) is 48.7 Å². The fourth-order valence-corrected chi connectivity index (χ4v) is 6.06. The maximum Gasteiger partial charge on any atom is 0.192 e. The lowest BCUT2D eigenvalue weighted by molar-refractivity contribution is -0.0455. The molecule has 1 aliphatic rings. The minimum Gasteiger partial charge on any atom is -0.414 e. The first-order valence-corrected chi connectivity index (χ1v) is 18.2. The van der Waals surface area contributed by atoms with Crippen molar-refractivity contribution in [3.8, 4) is 0 Å². The summed E-state index contributed by atoms with van der Waals surface area (Å²) in [5.74, 6) is 0.961. The highest BCUT2D eigenvalue weighted by molar-refractivity contribution is 6.74. The highest BCUT2D eigenvalue weighted by atomic mass is 28.4. The molecule has 36 heavy (non-hydrogen) atoms. The number of nitrogen functional groups attached to an aromatic ring is 1. The predicted octanol–water partition coefficient (Wildman–Crippen LogP) is 5.71. The van der Waals surface area contributed by atoms with Crippen LogP contribution in [0.25, 0.3) is 21.6 Å². The van der Waals surface area contributed by atoms with Gasteiger partial charge in [-0.3, -0.25) is 4.57 Å². The number of imidazole rings is 1. The fourth-order valence-electron chi connectivity index (χ4n) is 3.75. The van der Waals surface area contributed by atoms with Gasteiger partial charge in [-0.15, -0.1) is 0 Å². The van der Waals surface area contributed by atoms with Crippen molar-refractivity contribution in [3.63, 3.8) is 0 Å². The molecule has 2 aromatic rings. The number of aryl methyl sites for hydroxylation is 1. The molecule has 11 nitrogen and oxygen atoms in total. The van der Waals surface area contributed by atoms with E-state index in [9.17, 15) is 5.53 Å². The Morgan fingerprint density at radius 3 is 2.28 bits per heavy atom. The van der Waals surface area contributed by atoms with E-state index in [1.807, 2.05) is 11.5 Å². The summed E-state index contributed by atoms with van der Waals surface area (Å²) in [6, 6.07) is -0.588. The predicted molar refractivity (Wildman–Crippen MR) is 147 cm³/mol. The maximum absolute atomic E-state index is 9.53. The zero-order valence-electron chi connectivity index (χ0n) is 23.5. The topological polar surface area (TPSA) is 146 Å². The van der Waals surface area contributed by atoms with Crippen LogP contribution in [0, 0.1) is 6.92 Å². The number of ether oxygens (including phenoxy) is 1. The zero-order chi connectivity index (χ0) is 27.3. The molecule has 0 aromatic carbocycles. The summed E-state index contributed by atoms with van der Waals surface area (Å²) in [5, 5.41) is 4.17. The summed E-state index contributed by atoms with van der Waals surface area (Å²) < 4.78 is 21.9. The van der Waals surface area contributed by atoms with E-state index in [0.29, 0.717) is 29.4 Å². The molecule has 1 saturated heterocycles. The SMILES string of the molecule is Cc1nc2c(N)ncnc2n1C1OC(CO[Si](C)(C)C(C)(C)C)C(N=[N+]=[N-])C1O[Si](C)(C)C(C)(C)C. The second-order valence-corrected chi connectivity index (χ2v) is 22.2. The van der Waals surface area contributed by atoms with Crippen molar-refractivity contribution in [3.05, 3.63) is 22.6 Å². The number of hydrogen-bond donors (Lipinski definition) is 1. The number of rotatable bonds is 7. The van der Waals surface area contributed by atoms with Gasteiger partial charge >= 0.3 is 0 Å². The first-order chi connectivity index (χ1) is 16.4. The molecule has 4 unspecified atom stereocenters. The van der Waals surface area contributed by atoms with Crippen molar-refractivity contribution in [1.82, 2.24) is 19.5 Å². The quantitative estimate of drug-likeness (QED) is 0.207. The van der Waals surface area contributed by atoms with E-state index in [0.717, 1.165) is 0 Å². The summed E-state index contributed by atoms with van der Waals surface area (Å²) in [4.78, 5) is 16.3. The lowest BCUT2D eigenvalue weighted by atomic mass is 10.1. The summed E-state index contributed by atoms with van der Waals surface area (Å²) in [5.41, 5.74) is 16.7. The Morgan fingerprint density at radius 2 is 1.72 bits per heavy atom. The van der Waals surface area contributed by atoms with E-state index < -0.39 is 41.1 Å². The highest BCUT2D eigenvalue weighted by Gasteiger charge is 2.52. The van der Waals surface area contributed by atoms with Crippen LogP contribution in [0.5, 0.6) is 0 Å². The van der Waals surface area contributed by atoms with Crippen LogP contribution < -0.4 is 5.73 Å². The smallest absolute Gasteiger partial charge is 0.192 e. The lowest BCUT2D eigenvalue weighted by Crippen LogP contribution is -2.49. The van der Waals surface area contributed by atoms with Crippen LogP contribution in [0.15, 0.2) is 11.4 Å². The van der Waals surface area contributed by atoms with Crippen LogP contribution in [0.2, 0.25) is 36.3 Å². The molecule has 3 rings (SSSR count). The van der Waals surface area contributed by atoms with E-state index >= 15 is 0 Å². The van der Waals surface area contributed by atoms with Gasteiger partial charge in [0.25, 0.3) is 0 Å². The number of nitrogens with zero attached hydrogens (tertiary/aromatic N) is 7. The minimum absolute atomic E-state index is 0.0294. The Hall–Kier alpha value is -2.03. The third-order valence-corrected chi connectivity index (χ3v) is 17.1. The molecule has 0 bridgehead atoms. The van der Waals surface area contributed by atoms with E-state index in [1.165, 1.54) is 6.33 Å². The molecule has 0 aliphatic carbocycles. The molecule has 13 heteroatoms. The van der Waals surface area contributed by atoms with E-state index in [4.69, 9.17) is 19.3 Å². The van der Waals surface area contributed by atoms with E-state index in [1.54, 1.807) is 0 Å². The molecule has 1 aliphatic heterocycles. The molecular formula is C23H42N8O3Si2. The molecule has 0 spiro atoms. The molecule has 0 radical (unpaired) electrons. The summed E-state index contributed by atoms with van der Waals surface area (Å²) in [6.45, 7) is 24.0. The van der Waals surface area contributed by atoms with Gasteiger partial charge in [0.1, 0.15) is 18.3 Å². The van der Waals surface area contributed by atoms with Gasteiger partial charge in [0.05, 0.1) is 18.8 Å². The lowest BCUT2D eigenvalue weighted by Gasteiger charge is -2.40. The summed E-state index contributed by atoms with van der Waals surface area (Å²) in [6.07, 6.45) is -0.258. The van der Waals surface area contributed by atoms with Crippen LogP contribution in [0.1, 0.15) is 53.6 Å². The highest BCUT2D eigenvalue weighted by Crippen LogP contribution is 2.44. The fraction of sp³-hybridized carbons (Fsp3) is 0.783. The molecule has 1 fully saturated rings. The summed E-state index contributed by atoms with van der Waals surface area (Å²) >= 11 is 0. The average molecular weight is 535 g/mol. The van der Waals surface area contributed by atoms with Gasteiger partial charge in [0, 0.05) is 4.91 Å². The normalized spacial score (nSPS) is 23.8. The largest absolute Gasteiger partial charge is 0.414 e. The zero-order valence-corrected chi connectivity index (χ0v) is 25.5. The minimum atomic E-state index is -2.30. The van der Waals surface area contributed by atoms with Crippen molar-refractivity contribution in [2.45, 2.75) is 109 Å². The molecule has 0 saturated carbocycles.